The Hall–Kier alpha value is -8.67. The van der Waals surface area contributed by atoms with Gasteiger partial charge >= 0.3 is 0 Å². The Morgan fingerprint density at radius 1 is 0.534 bits per heavy atom. The van der Waals surface area contributed by atoms with Crippen LogP contribution >= 0.6 is 0 Å². The summed E-state index contributed by atoms with van der Waals surface area (Å²) in [5, 5.41) is 1.76. The highest BCUT2D eigenvalue weighted by molar-refractivity contribution is 6.10. The fourth-order valence-electron chi connectivity index (χ4n) is 13.4. The Morgan fingerprint density at radius 3 is 1.88 bits per heavy atom. The van der Waals surface area contributed by atoms with E-state index in [9.17, 15) is 0 Å². The number of hydrogen-bond acceptors (Lipinski definition) is 4. The molecule has 1 aliphatic heterocycles. The highest BCUT2D eigenvalue weighted by Crippen LogP contribution is 2.68. The van der Waals surface area contributed by atoms with Gasteiger partial charge in [0.1, 0.15) is 22.9 Å². The van der Waals surface area contributed by atoms with E-state index in [-0.39, 0.29) is 52.9 Å². The molecule has 73 heavy (non-hydrogen) atoms. The van der Waals surface area contributed by atoms with Crippen LogP contribution in [-0.2, 0) is 11.0 Å². The lowest BCUT2D eigenvalue weighted by molar-refractivity contribution is 0.376. The van der Waals surface area contributed by atoms with Crippen molar-refractivity contribution < 1.29 is 11.6 Å². The maximum Gasteiger partial charge on any atom is 0.137 e. The van der Waals surface area contributed by atoms with Crippen molar-refractivity contribution >= 4 is 38.9 Å². The third kappa shape index (κ3) is 6.06. The van der Waals surface area contributed by atoms with E-state index in [4.69, 9.17) is 16.6 Å². The molecular formula is C68H52N4O. The van der Waals surface area contributed by atoms with Crippen LogP contribution in [0.2, 0.25) is 0 Å². The molecule has 0 fully saturated rings. The quantitative estimate of drug-likeness (QED) is 0.166. The predicted octanol–water partition coefficient (Wildman–Crippen LogP) is 16.5. The zero-order chi connectivity index (χ0) is 52.9. The van der Waals surface area contributed by atoms with Gasteiger partial charge in [0, 0.05) is 52.5 Å². The van der Waals surface area contributed by atoms with Crippen molar-refractivity contribution in [1.82, 2.24) is 9.55 Å². The summed E-state index contributed by atoms with van der Waals surface area (Å²) in [6, 6.07) is 68.7. The number of para-hydroxylation sites is 2. The highest BCUT2D eigenvalue weighted by atomic mass is 16.5. The average molecular weight is 946 g/mol. The number of benzene rings is 9. The molecule has 18 rings (SSSR count). The molecular weight excluding hydrogens is 889 g/mol. The Morgan fingerprint density at radius 2 is 1.16 bits per heavy atom. The number of anilines is 3. The number of nitrogens with zero attached hydrogens (tertiary/aromatic N) is 4. The molecule has 4 bridgehead atoms. The molecule has 7 aliphatic rings. The van der Waals surface area contributed by atoms with Crippen LogP contribution in [-0.4, -0.2) is 16.2 Å². The molecule has 0 amide bonds. The van der Waals surface area contributed by atoms with Crippen molar-refractivity contribution in [2.45, 2.75) is 49.5 Å². The lowest BCUT2D eigenvalue weighted by atomic mass is 9.49. The summed E-state index contributed by atoms with van der Waals surface area (Å²) in [6.07, 6.45) is 1.85. The number of hydrogen-bond donors (Lipinski definition) is 0. The van der Waals surface area contributed by atoms with Crippen LogP contribution in [0.5, 0.6) is 11.5 Å². The average Bonchev–Trinajstić information content (AvgIpc) is 1.91. The lowest BCUT2D eigenvalue weighted by Crippen LogP contribution is -2.57. The fourth-order valence-corrected chi connectivity index (χ4v) is 13.4. The first-order chi connectivity index (χ1) is 37.9. The van der Waals surface area contributed by atoms with E-state index in [1.54, 1.807) is 0 Å². The molecule has 0 radical (unpaired) electrons. The van der Waals surface area contributed by atoms with Gasteiger partial charge in [0.25, 0.3) is 0 Å². The SMILES string of the molecule is [2H]c1c([2H])c([2H])c(-c2ccc3c(c2)c2ccc(Oc4cccc(N5CN(C67c8ccccc8C(c8ccccc86)C6c8ccccc8C7c7ccccc76)c6ccccc65)c4)cc2n3-c2cc(C(C)(C)C)ccn2)c([2H])c1[2H]. The van der Waals surface area contributed by atoms with Crippen LogP contribution in [0, 0.1) is 0 Å². The van der Waals surface area contributed by atoms with Crippen LogP contribution < -0.4 is 14.5 Å². The van der Waals surface area contributed by atoms with E-state index in [0.29, 0.717) is 23.7 Å². The summed E-state index contributed by atoms with van der Waals surface area (Å²) in [6.45, 7) is 7.14. The molecule has 0 saturated heterocycles. The maximum absolute atomic E-state index is 8.81. The molecule has 5 heteroatoms. The molecule has 11 aromatic rings. The molecule has 5 nitrogen and oxygen atoms in total. The first-order valence-electron chi connectivity index (χ1n) is 27.8. The molecule has 0 spiro atoms. The monoisotopic (exact) mass is 945 g/mol. The third-order valence-electron chi connectivity index (χ3n) is 16.4. The van der Waals surface area contributed by atoms with E-state index >= 15 is 0 Å². The zero-order valence-electron chi connectivity index (χ0n) is 45.7. The summed E-state index contributed by atoms with van der Waals surface area (Å²) in [4.78, 5) is 10.1. The lowest BCUT2D eigenvalue weighted by Gasteiger charge is -2.59. The Labute approximate surface area is 433 Å². The normalized spacial score (nSPS) is 19.9. The molecule has 0 saturated carbocycles. The van der Waals surface area contributed by atoms with Crippen molar-refractivity contribution in [3.8, 4) is 28.4 Å². The molecule has 350 valence electrons. The number of ether oxygens (including phenoxy) is 1. The minimum absolute atomic E-state index is 0.0247. The van der Waals surface area contributed by atoms with Crippen molar-refractivity contribution in [2.75, 3.05) is 16.5 Å². The van der Waals surface area contributed by atoms with Gasteiger partial charge in [-0.25, -0.2) is 4.98 Å². The number of rotatable bonds is 6. The fraction of sp³-hybridized carbons (Fsp3) is 0.132. The van der Waals surface area contributed by atoms with Crippen LogP contribution in [0.25, 0.3) is 38.8 Å². The highest BCUT2D eigenvalue weighted by Gasteiger charge is 2.61. The smallest absolute Gasteiger partial charge is 0.137 e. The van der Waals surface area contributed by atoms with Gasteiger partial charge in [0.15, 0.2) is 0 Å². The number of pyridine rings is 1. The Kier molecular flexibility index (Phi) is 7.97. The topological polar surface area (TPSA) is 33.5 Å². The number of fused-ring (bicyclic) bond motifs is 4. The van der Waals surface area contributed by atoms with Crippen LogP contribution in [0.4, 0.5) is 17.1 Å². The molecule has 3 heterocycles. The molecule has 6 aliphatic carbocycles. The summed E-state index contributed by atoms with van der Waals surface area (Å²) in [5.41, 5.74) is 17.2. The van der Waals surface area contributed by atoms with Crippen LogP contribution in [0.15, 0.2) is 231 Å². The molecule has 0 N–H and O–H groups in total. The standard InChI is InChI=1S/C68H52N4O/c1-67(2,3)45-36-37-69-63(39-45)72-59-35-32-44(43-18-5-4-6-19-43)38-56(59)49-34-33-48(41-62(49)72)73-47-21-17-20-46(40-47)70-42-71(61-31-16-15-30-60(61)70)68-57-28-13-11-26-54(57)65(55-27-12-14-29-58(55)68)64-50-22-7-9-24-52(50)66(68)53-25-10-8-23-51(53)64/h4-41,64-66H,42H2,1-3H3/i4D,5D,6D,18D,19D. The first kappa shape index (κ1) is 37.2. The maximum atomic E-state index is 8.81. The van der Waals surface area contributed by atoms with E-state index < -0.39 is 11.6 Å². The first-order valence-corrected chi connectivity index (χ1v) is 25.3. The number of aromatic nitrogens is 2. The van der Waals surface area contributed by atoms with Gasteiger partial charge in [-0.3, -0.25) is 4.57 Å². The predicted molar refractivity (Wildman–Crippen MR) is 297 cm³/mol. The van der Waals surface area contributed by atoms with E-state index in [0.717, 1.165) is 44.6 Å². The Balaban J connectivity index is 0.862. The summed E-state index contributed by atoms with van der Waals surface area (Å²) in [7, 11) is 0. The minimum atomic E-state index is -0.634. The largest absolute Gasteiger partial charge is 0.457 e. The third-order valence-corrected chi connectivity index (χ3v) is 16.4. The molecule has 2 aromatic heterocycles. The molecule has 0 atom stereocenters. The molecule has 0 unspecified atom stereocenters. The Bertz CT molecular complexity index is 4230. The van der Waals surface area contributed by atoms with Crippen LogP contribution in [0.1, 0.15) is 95.4 Å². The molecule has 9 aromatic carbocycles. The van der Waals surface area contributed by atoms with Crippen molar-refractivity contribution in [2.24, 2.45) is 0 Å². The van der Waals surface area contributed by atoms with Gasteiger partial charge < -0.3 is 14.5 Å². The van der Waals surface area contributed by atoms with Gasteiger partial charge in [-0.15, -0.1) is 0 Å². The van der Waals surface area contributed by atoms with Gasteiger partial charge in [-0.1, -0.05) is 172 Å². The second kappa shape index (κ2) is 15.7. The second-order valence-corrected chi connectivity index (χ2v) is 21.1. The van der Waals surface area contributed by atoms with Gasteiger partial charge in [0.05, 0.1) is 35.9 Å². The summed E-state index contributed by atoms with van der Waals surface area (Å²) >= 11 is 0. The van der Waals surface area contributed by atoms with E-state index in [1.165, 1.54) is 50.2 Å². The minimum Gasteiger partial charge on any atom is -0.457 e. The zero-order valence-corrected chi connectivity index (χ0v) is 40.7. The van der Waals surface area contributed by atoms with Crippen LogP contribution in [0.3, 0.4) is 0 Å². The van der Waals surface area contributed by atoms with Gasteiger partial charge in [-0.2, -0.15) is 0 Å². The van der Waals surface area contributed by atoms with Crippen molar-refractivity contribution in [3.63, 3.8) is 0 Å². The van der Waals surface area contributed by atoms with Gasteiger partial charge in [0.2, 0.25) is 0 Å². The summed E-state index contributed by atoms with van der Waals surface area (Å²) in [5.74, 6) is 2.34. The van der Waals surface area contributed by atoms with E-state index in [1.807, 2.05) is 48.7 Å². The second-order valence-electron chi connectivity index (χ2n) is 21.1. The summed E-state index contributed by atoms with van der Waals surface area (Å²) < 4.78 is 51.8. The van der Waals surface area contributed by atoms with E-state index in [2.05, 4.69) is 187 Å². The van der Waals surface area contributed by atoms with Gasteiger partial charge in [-0.05, 0) is 127 Å². The van der Waals surface area contributed by atoms with Crippen molar-refractivity contribution in [1.29, 1.82) is 0 Å². The van der Waals surface area contributed by atoms with Crippen molar-refractivity contribution in [3.05, 3.63) is 281 Å².